The Hall–Kier alpha value is -1.95. The lowest BCUT2D eigenvalue weighted by molar-refractivity contribution is 0.102. The first kappa shape index (κ1) is 15.9. The number of aryl methyl sites for hydroxylation is 2. The number of nitrogens with one attached hydrogen (secondary N) is 1. The Labute approximate surface area is 138 Å². The predicted molar refractivity (Wildman–Crippen MR) is 88.9 cm³/mol. The number of nitrogens with zero attached hydrogens (tertiary/aromatic N) is 1. The third kappa shape index (κ3) is 3.69. The highest BCUT2D eigenvalue weighted by molar-refractivity contribution is 7.15. The number of halogens is 1. The van der Waals surface area contributed by atoms with Crippen molar-refractivity contribution in [3.63, 3.8) is 0 Å². The standard InChI is InChI=1S/C17H19FN2O2S/c1-22-14-9-8-11(18)10-12(14)16(21)20-17-19-13-6-4-2-3-5-7-15(13)23-17/h8-10H,2-7H2,1H3,(H,19,20,21). The first-order valence-corrected chi connectivity index (χ1v) is 8.62. The molecular weight excluding hydrogens is 315 g/mol. The summed E-state index contributed by atoms with van der Waals surface area (Å²) in [4.78, 5) is 18.2. The minimum atomic E-state index is -0.470. The second kappa shape index (κ2) is 7.08. The average molecular weight is 334 g/mol. The maximum Gasteiger partial charge on any atom is 0.261 e. The number of benzene rings is 1. The molecule has 23 heavy (non-hydrogen) atoms. The SMILES string of the molecule is COc1ccc(F)cc1C(=O)Nc1nc2c(s1)CCCCCC2. The van der Waals surface area contributed by atoms with Crippen LogP contribution in [0.4, 0.5) is 9.52 Å². The van der Waals surface area contributed by atoms with Crippen LogP contribution in [0.3, 0.4) is 0 Å². The smallest absolute Gasteiger partial charge is 0.261 e. The Morgan fingerprint density at radius 2 is 2.04 bits per heavy atom. The van der Waals surface area contributed by atoms with Crippen LogP contribution in [0, 0.1) is 5.82 Å². The number of aromatic nitrogens is 1. The van der Waals surface area contributed by atoms with Gasteiger partial charge in [-0.15, -0.1) is 11.3 Å². The number of rotatable bonds is 3. The van der Waals surface area contributed by atoms with Gasteiger partial charge in [-0.25, -0.2) is 9.37 Å². The third-order valence-electron chi connectivity index (χ3n) is 3.97. The van der Waals surface area contributed by atoms with E-state index in [0.717, 1.165) is 25.0 Å². The number of anilines is 1. The largest absolute Gasteiger partial charge is 0.496 e. The number of fused-ring (bicyclic) bond motifs is 1. The van der Waals surface area contributed by atoms with Gasteiger partial charge in [0.05, 0.1) is 18.4 Å². The van der Waals surface area contributed by atoms with Gasteiger partial charge in [0.1, 0.15) is 11.6 Å². The summed E-state index contributed by atoms with van der Waals surface area (Å²) in [5.41, 5.74) is 1.27. The van der Waals surface area contributed by atoms with Crippen molar-refractivity contribution in [3.05, 3.63) is 40.2 Å². The van der Waals surface area contributed by atoms with Gasteiger partial charge in [0.25, 0.3) is 5.91 Å². The van der Waals surface area contributed by atoms with Crippen molar-refractivity contribution in [2.75, 3.05) is 12.4 Å². The van der Waals surface area contributed by atoms with E-state index in [1.807, 2.05) is 0 Å². The molecule has 1 aliphatic rings. The van der Waals surface area contributed by atoms with Gasteiger partial charge in [-0.3, -0.25) is 10.1 Å². The van der Waals surface area contributed by atoms with Crippen LogP contribution in [0.25, 0.3) is 0 Å². The number of thiazole rings is 1. The molecule has 1 N–H and O–H groups in total. The molecule has 0 unspecified atom stereocenters. The van der Waals surface area contributed by atoms with Crippen molar-refractivity contribution < 1.29 is 13.9 Å². The fourth-order valence-electron chi connectivity index (χ4n) is 2.78. The molecule has 2 aromatic rings. The molecule has 1 aliphatic carbocycles. The summed E-state index contributed by atoms with van der Waals surface area (Å²) in [5.74, 6) is -0.524. The van der Waals surface area contributed by atoms with Crippen LogP contribution < -0.4 is 10.1 Å². The minimum absolute atomic E-state index is 0.176. The van der Waals surface area contributed by atoms with Crippen LogP contribution in [-0.4, -0.2) is 18.0 Å². The van der Waals surface area contributed by atoms with Crippen LogP contribution >= 0.6 is 11.3 Å². The monoisotopic (exact) mass is 334 g/mol. The van der Waals surface area contributed by atoms with Crippen molar-refractivity contribution in [1.82, 2.24) is 4.98 Å². The van der Waals surface area contributed by atoms with E-state index in [9.17, 15) is 9.18 Å². The highest BCUT2D eigenvalue weighted by Crippen LogP contribution is 2.29. The Morgan fingerprint density at radius 1 is 1.26 bits per heavy atom. The molecule has 4 nitrogen and oxygen atoms in total. The minimum Gasteiger partial charge on any atom is -0.496 e. The molecule has 0 saturated heterocycles. The number of amides is 1. The van der Waals surface area contributed by atoms with Crippen LogP contribution in [0.15, 0.2) is 18.2 Å². The number of carbonyl (C=O) groups is 1. The molecule has 1 amide bonds. The van der Waals surface area contributed by atoms with Gasteiger partial charge in [0.15, 0.2) is 5.13 Å². The zero-order chi connectivity index (χ0) is 16.2. The topological polar surface area (TPSA) is 51.2 Å². The molecule has 0 radical (unpaired) electrons. The number of ether oxygens (including phenoxy) is 1. The molecule has 1 aromatic carbocycles. The van der Waals surface area contributed by atoms with E-state index >= 15 is 0 Å². The first-order valence-electron chi connectivity index (χ1n) is 7.81. The predicted octanol–water partition coefficient (Wildman–Crippen LogP) is 4.20. The lowest BCUT2D eigenvalue weighted by Gasteiger charge is -2.07. The van der Waals surface area contributed by atoms with Gasteiger partial charge in [0, 0.05) is 4.88 Å². The molecule has 0 fully saturated rings. The number of hydrogen-bond donors (Lipinski definition) is 1. The van der Waals surface area contributed by atoms with Crippen LogP contribution in [-0.2, 0) is 12.8 Å². The molecule has 3 rings (SSSR count). The number of carbonyl (C=O) groups excluding carboxylic acids is 1. The highest BCUT2D eigenvalue weighted by atomic mass is 32.1. The van der Waals surface area contributed by atoms with Gasteiger partial charge in [-0.2, -0.15) is 0 Å². The van der Waals surface area contributed by atoms with E-state index in [0.29, 0.717) is 10.9 Å². The van der Waals surface area contributed by atoms with Gasteiger partial charge in [-0.1, -0.05) is 12.8 Å². The van der Waals surface area contributed by atoms with E-state index < -0.39 is 11.7 Å². The zero-order valence-corrected chi connectivity index (χ0v) is 13.8. The summed E-state index contributed by atoms with van der Waals surface area (Å²) in [6.07, 6.45) is 6.78. The molecule has 1 aromatic heterocycles. The van der Waals surface area contributed by atoms with Crippen molar-refractivity contribution in [2.24, 2.45) is 0 Å². The normalized spacial score (nSPS) is 14.5. The Balaban J connectivity index is 1.80. The van der Waals surface area contributed by atoms with E-state index in [1.165, 1.54) is 60.8 Å². The molecule has 0 saturated carbocycles. The highest BCUT2D eigenvalue weighted by Gasteiger charge is 2.18. The Morgan fingerprint density at radius 3 is 2.83 bits per heavy atom. The molecule has 0 bridgehead atoms. The van der Waals surface area contributed by atoms with Crippen molar-refractivity contribution >= 4 is 22.4 Å². The third-order valence-corrected chi connectivity index (χ3v) is 5.05. The quantitative estimate of drug-likeness (QED) is 0.915. The maximum atomic E-state index is 13.4. The van der Waals surface area contributed by atoms with E-state index in [4.69, 9.17) is 4.74 Å². The van der Waals surface area contributed by atoms with Gasteiger partial charge in [0.2, 0.25) is 0 Å². The summed E-state index contributed by atoms with van der Waals surface area (Å²) in [7, 11) is 1.46. The average Bonchev–Trinajstić information content (AvgIpc) is 2.88. The Kier molecular flexibility index (Phi) is 4.91. The van der Waals surface area contributed by atoms with Crippen molar-refractivity contribution in [1.29, 1.82) is 0 Å². The van der Waals surface area contributed by atoms with Gasteiger partial charge in [-0.05, 0) is 43.9 Å². The summed E-state index contributed by atoms with van der Waals surface area (Å²) in [6.45, 7) is 0. The number of hydrogen-bond acceptors (Lipinski definition) is 4. The maximum absolute atomic E-state index is 13.4. The Bertz CT molecular complexity index is 689. The summed E-state index contributed by atoms with van der Waals surface area (Å²) >= 11 is 1.52. The summed E-state index contributed by atoms with van der Waals surface area (Å²) < 4.78 is 18.5. The van der Waals surface area contributed by atoms with Crippen LogP contribution in [0.1, 0.15) is 46.6 Å². The van der Waals surface area contributed by atoms with Crippen LogP contribution in [0.5, 0.6) is 5.75 Å². The lowest BCUT2D eigenvalue weighted by atomic mass is 10.0. The summed E-state index contributed by atoms with van der Waals surface area (Å²) in [5, 5.41) is 3.36. The zero-order valence-electron chi connectivity index (χ0n) is 13.0. The second-order valence-electron chi connectivity index (χ2n) is 5.60. The molecule has 0 aliphatic heterocycles. The van der Waals surface area contributed by atoms with Crippen molar-refractivity contribution in [3.8, 4) is 5.75 Å². The van der Waals surface area contributed by atoms with E-state index in [-0.39, 0.29) is 5.56 Å². The van der Waals surface area contributed by atoms with E-state index in [2.05, 4.69) is 10.3 Å². The van der Waals surface area contributed by atoms with Gasteiger partial charge >= 0.3 is 0 Å². The second-order valence-corrected chi connectivity index (χ2v) is 6.69. The molecule has 0 spiro atoms. The molecule has 0 atom stereocenters. The lowest BCUT2D eigenvalue weighted by Crippen LogP contribution is -2.13. The fourth-order valence-corrected chi connectivity index (χ4v) is 3.83. The first-order chi connectivity index (χ1) is 11.2. The molecule has 122 valence electrons. The fraction of sp³-hybridized carbons (Fsp3) is 0.412. The van der Waals surface area contributed by atoms with Gasteiger partial charge < -0.3 is 4.74 Å². The molecular formula is C17H19FN2O2S. The van der Waals surface area contributed by atoms with E-state index in [1.54, 1.807) is 0 Å². The molecule has 1 heterocycles. The van der Waals surface area contributed by atoms with Crippen LogP contribution in [0.2, 0.25) is 0 Å². The molecule has 6 heteroatoms. The number of methoxy groups -OCH3 is 1. The van der Waals surface area contributed by atoms with Crippen molar-refractivity contribution in [2.45, 2.75) is 38.5 Å². The summed E-state index contributed by atoms with van der Waals surface area (Å²) in [6, 6.07) is 3.90.